The van der Waals surface area contributed by atoms with Crippen molar-refractivity contribution in [3.05, 3.63) is 29.8 Å². The Bertz CT molecular complexity index is 578. The maximum Gasteiger partial charge on any atom is 0.326 e. The molecule has 1 aromatic carbocycles. The third-order valence-electron chi connectivity index (χ3n) is 3.23. The lowest BCUT2D eigenvalue weighted by atomic mass is 10.2. The maximum atomic E-state index is 12.0. The lowest BCUT2D eigenvalue weighted by molar-refractivity contribution is -0.148. The summed E-state index contributed by atoms with van der Waals surface area (Å²) in [5, 5.41) is 27.2. The fraction of sp³-hybridized carbons (Fsp3) is 0.357. The highest BCUT2D eigenvalue weighted by atomic mass is 16.5. The molecule has 7 nitrogen and oxygen atoms in total. The zero-order valence-corrected chi connectivity index (χ0v) is 11.1. The number of carboxylic acids is 1. The number of aliphatic hydroxyl groups excluding tert-OH is 1. The fourth-order valence-electron chi connectivity index (χ4n) is 2.18. The quantitative estimate of drug-likeness (QED) is 0.806. The van der Waals surface area contributed by atoms with Gasteiger partial charge in [-0.05, 0) is 24.3 Å². The minimum absolute atomic E-state index is 0.00741. The van der Waals surface area contributed by atoms with Gasteiger partial charge in [-0.15, -0.1) is 0 Å². The monoisotopic (exact) mass is 290 g/mol. The summed E-state index contributed by atoms with van der Waals surface area (Å²) in [6.07, 6.45) is -0.803. The van der Waals surface area contributed by atoms with E-state index in [4.69, 9.17) is 15.1 Å². The number of β-amino-alcohol motifs (C(OH)–C–C–N with tert-alkyl or cyclic N) is 1. The van der Waals surface area contributed by atoms with Gasteiger partial charge in [0.2, 0.25) is 0 Å². The second-order valence-corrected chi connectivity index (χ2v) is 4.71. The smallest absolute Gasteiger partial charge is 0.326 e. The van der Waals surface area contributed by atoms with E-state index in [2.05, 4.69) is 0 Å². The largest absolute Gasteiger partial charge is 0.484 e. The number of aliphatic hydroxyl groups is 1. The van der Waals surface area contributed by atoms with Crippen LogP contribution in [0.4, 0.5) is 0 Å². The van der Waals surface area contributed by atoms with E-state index in [1.54, 1.807) is 24.3 Å². The molecule has 110 valence electrons. The van der Waals surface area contributed by atoms with Crippen molar-refractivity contribution < 1.29 is 24.5 Å². The molecule has 1 heterocycles. The molecule has 21 heavy (non-hydrogen) atoms. The van der Waals surface area contributed by atoms with Crippen LogP contribution in [0.2, 0.25) is 0 Å². The fourth-order valence-corrected chi connectivity index (χ4v) is 2.18. The zero-order valence-electron chi connectivity index (χ0n) is 11.1. The van der Waals surface area contributed by atoms with Gasteiger partial charge in [0.15, 0.2) is 6.61 Å². The van der Waals surface area contributed by atoms with E-state index in [-0.39, 0.29) is 19.6 Å². The molecule has 2 rings (SSSR count). The van der Waals surface area contributed by atoms with Crippen molar-refractivity contribution in [2.75, 3.05) is 13.2 Å². The number of likely N-dealkylation sites (tertiary alicyclic amines) is 1. The van der Waals surface area contributed by atoms with Crippen molar-refractivity contribution in [3.63, 3.8) is 0 Å². The minimum atomic E-state index is -1.14. The number of carbonyl (C=O) groups is 2. The van der Waals surface area contributed by atoms with Crippen LogP contribution < -0.4 is 4.74 Å². The molecule has 1 amide bonds. The lowest BCUT2D eigenvalue weighted by Gasteiger charge is -2.21. The summed E-state index contributed by atoms with van der Waals surface area (Å²) in [7, 11) is 0. The molecule has 1 unspecified atom stereocenters. The number of ether oxygens (including phenoxy) is 1. The van der Waals surface area contributed by atoms with Crippen molar-refractivity contribution in [3.8, 4) is 11.8 Å². The minimum Gasteiger partial charge on any atom is -0.484 e. The number of hydrogen-bond donors (Lipinski definition) is 2. The summed E-state index contributed by atoms with van der Waals surface area (Å²) >= 11 is 0. The summed E-state index contributed by atoms with van der Waals surface area (Å²) in [5.74, 6) is -1.23. The Morgan fingerprint density at radius 2 is 2.05 bits per heavy atom. The van der Waals surface area contributed by atoms with E-state index in [9.17, 15) is 14.7 Å². The molecule has 1 fully saturated rings. The second kappa shape index (κ2) is 6.24. The first kappa shape index (κ1) is 14.8. The van der Waals surface area contributed by atoms with Crippen LogP contribution in [0, 0.1) is 11.3 Å². The number of nitrogens with zero attached hydrogens (tertiary/aromatic N) is 2. The van der Waals surface area contributed by atoms with E-state index in [0.29, 0.717) is 11.3 Å². The van der Waals surface area contributed by atoms with Gasteiger partial charge in [-0.3, -0.25) is 4.79 Å². The average Bonchev–Trinajstić information content (AvgIpc) is 2.87. The standard InChI is InChI=1S/C14H14N2O5/c15-6-9-1-3-11(4-2-9)21-8-13(18)16-7-10(17)5-12(16)14(19)20/h1-4,10,12,17H,5,7-8H2,(H,19,20)/t10?,12-/m0/s1. The Labute approximate surface area is 121 Å². The van der Waals surface area contributed by atoms with Gasteiger partial charge >= 0.3 is 5.97 Å². The Morgan fingerprint density at radius 3 is 2.62 bits per heavy atom. The van der Waals surface area contributed by atoms with Crippen LogP contribution in [0.15, 0.2) is 24.3 Å². The molecule has 2 N–H and O–H groups in total. The summed E-state index contributed by atoms with van der Waals surface area (Å²) in [6.45, 7) is -0.324. The number of benzene rings is 1. The first-order chi connectivity index (χ1) is 10.0. The van der Waals surface area contributed by atoms with Crippen molar-refractivity contribution >= 4 is 11.9 Å². The van der Waals surface area contributed by atoms with E-state index >= 15 is 0 Å². The normalized spacial score (nSPS) is 20.9. The predicted octanol–water partition coefficient (Wildman–Crippen LogP) is -0.0165. The van der Waals surface area contributed by atoms with Crippen molar-refractivity contribution in [1.29, 1.82) is 5.26 Å². The highest BCUT2D eigenvalue weighted by Crippen LogP contribution is 2.19. The molecule has 7 heteroatoms. The molecule has 0 radical (unpaired) electrons. The van der Waals surface area contributed by atoms with Crippen LogP contribution in [-0.4, -0.2) is 52.3 Å². The topological polar surface area (TPSA) is 111 Å². The van der Waals surface area contributed by atoms with E-state index in [1.807, 2.05) is 6.07 Å². The van der Waals surface area contributed by atoms with Crippen LogP contribution >= 0.6 is 0 Å². The molecule has 1 aromatic rings. The zero-order chi connectivity index (χ0) is 15.4. The molecule has 2 atom stereocenters. The van der Waals surface area contributed by atoms with E-state index < -0.39 is 24.0 Å². The number of amides is 1. The number of hydrogen-bond acceptors (Lipinski definition) is 5. The maximum absolute atomic E-state index is 12.0. The number of carboxylic acid groups (broad SMARTS) is 1. The van der Waals surface area contributed by atoms with Crippen LogP contribution in [0.1, 0.15) is 12.0 Å². The van der Waals surface area contributed by atoms with Gasteiger partial charge in [-0.25, -0.2) is 4.79 Å². The van der Waals surface area contributed by atoms with Gasteiger partial charge < -0.3 is 19.8 Å². The third-order valence-corrected chi connectivity index (χ3v) is 3.23. The SMILES string of the molecule is N#Cc1ccc(OCC(=O)N2CC(O)C[C@H]2C(=O)O)cc1. The van der Waals surface area contributed by atoms with Gasteiger partial charge in [0.05, 0.1) is 17.7 Å². The van der Waals surface area contributed by atoms with Crippen molar-refractivity contribution in [2.24, 2.45) is 0 Å². The third kappa shape index (κ3) is 3.49. The van der Waals surface area contributed by atoms with Crippen LogP contribution in [0.5, 0.6) is 5.75 Å². The number of rotatable bonds is 4. The van der Waals surface area contributed by atoms with Crippen LogP contribution in [0.25, 0.3) is 0 Å². The molecule has 0 spiro atoms. The molecular weight excluding hydrogens is 276 g/mol. The number of carbonyl (C=O) groups excluding carboxylic acids is 1. The van der Waals surface area contributed by atoms with Crippen LogP contribution in [-0.2, 0) is 9.59 Å². The predicted molar refractivity (Wildman–Crippen MR) is 70.4 cm³/mol. The average molecular weight is 290 g/mol. The molecule has 1 aliphatic heterocycles. The van der Waals surface area contributed by atoms with E-state index in [0.717, 1.165) is 4.90 Å². The molecule has 0 aliphatic carbocycles. The van der Waals surface area contributed by atoms with Gasteiger partial charge in [0, 0.05) is 13.0 Å². The number of nitriles is 1. The van der Waals surface area contributed by atoms with Gasteiger partial charge in [-0.2, -0.15) is 5.26 Å². The Kier molecular flexibility index (Phi) is 4.40. The first-order valence-corrected chi connectivity index (χ1v) is 6.34. The van der Waals surface area contributed by atoms with Gasteiger partial charge in [0.1, 0.15) is 11.8 Å². The summed E-state index contributed by atoms with van der Waals surface area (Å²) in [5.41, 5.74) is 0.474. The highest BCUT2D eigenvalue weighted by Gasteiger charge is 2.38. The molecule has 0 saturated carbocycles. The molecule has 1 aliphatic rings. The molecule has 1 saturated heterocycles. The first-order valence-electron chi connectivity index (χ1n) is 6.34. The second-order valence-electron chi connectivity index (χ2n) is 4.71. The van der Waals surface area contributed by atoms with E-state index in [1.165, 1.54) is 0 Å². The molecular formula is C14H14N2O5. The molecule has 0 bridgehead atoms. The summed E-state index contributed by atoms with van der Waals surface area (Å²) in [4.78, 5) is 24.1. The summed E-state index contributed by atoms with van der Waals surface area (Å²) in [6, 6.07) is 7.17. The number of aliphatic carboxylic acids is 1. The summed E-state index contributed by atoms with van der Waals surface area (Å²) < 4.78 is 5.27. The Hall–Kier alpha value is -2.59. The van der Waals surface area contributed by atoms with Crippen molar-refractivity contribution in [2.45, 2.75) is 18.6 Å². The Balaban J connectivity index is 1.94. The van der Waals surface area contributed by atoms with Gasteiger partial charge in [-0.1, -0.05) is 0 Å². The van der Waals surface area contributed by atoms with Gasteiger partial charge in [0.25, 0.3) is 5.91 Å². The van der Waals surface area contributed by atoms with Crippen molar-refractivity contribution in [1.82, 2.24) is 4.90 Å². The van der Waals surface area contributed by atoms with Crippen LogP contribution in [0.3, 0.4) is 0 Å². The highest BCUT2D eigenvalue weighted by molar-refractivity contribution is 5.85. The molecule has 0 aromatic heterocycles. The Morgan fingerprint density at radius 1 is 1.38 bits per heavy atom. The lowest BCUT2D eigenvalue weighted by Crippen LogP contribution is -2.42.